The van der Waals surface area contributed by atoms with Gasteiger partial charge in [-0.1, -0.05) is 12.1 Å². The van der Waals surface area contributed by atoms with Crippen molar-refractivity contribution < 1.29 is 23.2 Å². The molecule has 0 radical (unpaired) electrons. The van der Waals surface area contributed by atoms with Crippen LogP contribution in [0.4, 0.5) is 8.78 Å². The van der Waals surface area contributed by atoms with E-state index >= 15 is 0 Å². The van der Waals surface area contributed by atoms with Crippen molar-refractivity contribution in [2.24, 2.45) is 0 Å². The van der Waals surface area contributed by atoms with Gasteiger partial charge in [-0.05, 0) is 59.5 Å². The second kappa shape index (κ2) is 9.15. The summed E-state index contributed by atoms with van der Waals surface area (Å²) in [5.41, 5.74) is 4.94. The Morgan fingerprint density at radius 1 is 0.973 bits per heavy atom. The van der Waals surface area contributed by atoms with Gasteiger partial charge < -0.3 is 4.90 Å². The molecule has 3 amide bonds. The van der Waals surface area contributed by atoms with Crippen molar-refractivity contribution in [3.63, 3.8) is 0 Å². The van der Waals surface area contributed by atoms with E-state index in [-0.39, 0.29) is 24.2 Å². The molecular weight excluding hydrogens is 478 g/mol. The summed E-state index contributed by atoms with van der Waals surface area (Å²) in [5, 5.41) is 2.32. The summed E-state index contributed by atoms with van der Waals surface area (Å²) in [6.45, 7) is 2.55. The minimum atomic E-state index is -0.830. The van der Waals surface area contributed by atoms with Gasteiger partial charge in [-0.2, -0.15) is 0 Å². The summed E-state index contributed by atoms with van der Waals surface area (Å²) >= 11 is 0. The number of carbonyl (C=O) groups is 3. The first-order valence-electron chi connectivity index (χ1n) is 12.3. The van der Waals surface area contributed by atoms with Crippen molar-refractivity contribution in [1.82, 2.24) is 20.1 Å². The molecule has 0 aliphatic carbocycles. The van der Waals surface area contributed by atoms with E-state index < -0.39 is 23.6 Å². The molecule has 37 heavy (non-hydrogen) atoms. The highest BCUT2D eigenvalue weighted by atomic mass is 19.2. The van der Waals surface area contributed by atoms with Crippen LogP contribution >= 0.6 is 0 Å². The normalized spacial score (nSPS) is 20.1. The number of nitrogens with zero attached hydrogens (tertiary/aromatic N) is 3. The lowest BCUT2D eigenvalue weighted by Crippen LogP contribution is -2.52. The molecule has 0 saturated carbocycles. The molecule has 2 aromatic carbocycles. The highest BCUT2D eigenvalue weighted by Crippen LogP contribution is 2.32. The largest absolute Gasteiger partial charge is 0.322 e. The van der Waals surface area contributed by atoms with Gasteiger partial charge in [0.1, 0.15) is 6.04 Å². The van der Waals surface area contributed by atoms with Crippen molar-refractivity contribution in [2.45, 2.75) is 37.9 Å². The van der Waals surface area contributed by atoms with Gasteiger partial charge in [0, 0.05) is 55.8 Å². The number of carbonyl (C=O) groups excluding carboxylic acids is 3. The fourth-order valence-electron chi connectivity index (χ4n) is 5.40. The van der Waals surface area contributed by atoms with Gasteiger partial charge in [0.2, 0.25) is 11.8 Å². The Morgan fingerprint density at radius 2 is 1.81 bits per heavy atom. The van der Waals surface area contributed by atoms with Crippen LogP contribution in [0, 0.1) is 11.6 Å². The monoisotopic (exact) mass is 502 g/mol. The number of halogens is 2. The van der Waals surface area contributed by atoms with E-state index in [9.17, 15) is 23.2 Å². The number of imide groups is 1. The Balaban J connectivity index is 1.13. The summed E-state index contributed by atoms with van der Waals surface area (Å²) in [6.07, 6.45) is 2.30. The second-order valence-corrected chi connectivity index (χ2v) is 9.89. The van der Waals surface area contributed by atoms with Gasteiger partial charge in [0.25, 0.3) is 5.91 Å². The van der Waals surface area contributed by atoms with E-state index in [1.807, 2.05) is 24.3 Å². The third-order valence-electron chi connectivity index (χ3n) is 7.42. The van der Waals surface area contributed by atoms with Crippen LogP contribution in [0.2, 0.25) is 0 Å². The van der Waals surface area contributed by atoms with Crippen LogP contribution in [-0.2, 0) is 22.7 Å². The molecule has 2 saturated heterocycles. The van der Waals surface area contributed by atoms with E-state index in [4.69, 9.17) is 0 Å². The predicted octanol–water partition coefficient (Wildman–Crippen LogP) is 3.39. The molecule has 3 aromatic rings. The minimum Gasteiger partial charge on any atom is -0.322 e. The molecule has 7 nitrogen and oxygen atoms in total. The highest BCUT2D eigenvalue weighted by Gasteiger charge is 2.39. The first-order chi connectivity index (χ1) is 17.9. The molecule has 3 aliphatic heterocycles. The SMILES string of the molecule is O=C1CCC(N2Cc3cc(-c4cc(CN5CC(c6ccc(F)c(F)c6)C5)ccn4)ccc3C2=O)C(=O)N1. The maximum atomic E-state index is 13.6. The number of hydrogen-bond acceptors (Lipinski definition) is 5. The van der Waals surface area contributed by atoms with Gasteiger partial charge in [-0.25, -0.2) is 8.78 Å². The molecule has 0 spiro atoms. The first kappa shape index (κ1) is 23.4. The van der Waals surface area contributed by atoms with Gasteiger partial charge in [-0.3, -0.25) is 29.6 Å². The van der Waals surface area contributed by atoms with Crippen molar-refractivity contribution in [1.29, 1.82) is 0 Å². The molecule has 0 bridgehead atoms. The highest BCUT2D eigenvalue weighted by molar-refractivity contribution is 6.05. The Labute approximate surface area is 212 Å². The third kappa shape index (κ3) is 4.40. The third-order valence-corrected chi connectivity index (χ3v) is 7.42. The minimum absolute atomic E-state index is 0.179. The number of aromatic nitrogens is 1. The van der Waals surface area contributed by atoms with Crippen LogP contribution in [-0.4, -0.2) is 51.6 Å². The first-order valence-corrected chi connectivity index (χ1v) is 12.3. The predicted molar refractivity (Wildman–Crippen MR) is 130 cm³/mol. The Bertz CT molecular complexity index is 1440. The summed E-state index contributed by atoms with van der Waals surface area (Å²) in [6, 6.07) is 13.0. The fourth-order valence-corrected chi connectivity index (χ4v) is 5.40. The molecule has 1 atom stereocenters. The number of likely N-dealkylation sites (tertiary alicyclic amines) is 1. The maximum absolute atomic E-state index is 13.6. The number of pyridine rings is 1. The average molecular weight is 503 g/mol. The van der Waals surface area contributed by atoms with E-state index in [1.54, 1.807) is 18.3 Å². The van der Waals surface area contributed by atoms with Crippen molar-refractivity contribution in [3.05, 3.63) is 88.6 Å². The lowest BCUT2D eigenvalue weighted by molar-refractivity contribution is -0.136. The standard InChI is InChI=1S/C28H24F2N4O3/c29-22-4-2-17(11-23(22)30)20-13-33(14-20)12-16-7-8-31-24(9-16)18-1-3-21-19(10-18)15-34(28(21)37)25-5-6-26(35)32-27(25)36/h1-4,7-11,20,25H,5-6,12-15H2,(H,32,35,36). The number of benzene rings is 2. The molecule has 2 fully saturated rings. The van der Waals surface area contributed by atoms with Gasteiger partial charge in [0.05, 0.1) is 5.69 Å². The fraction of sp³-hybridized carbons (Fsp3) is 0.286. The molecule has 1 unspecified atom stereocenters. The molecule has 6 rings (SSSR count). The topological polar surface area (TPSA) is 82.6 Å². The van der Waals surface area contributed by atoms with Crippen molar-refractivity contribution in [2.75, 3.05) is 13.1 Å². The number of fused-ring (bicyclic) bond motifs is 1. The van der Waals surface area contributed by atoms with Gasteiger partial charge in [0.15, 0.2) is 11.6 Å². The van der Waals surface area contributed by atoms with E-state index in [0.717, 1.165) is 41.0 Å². The summed E-state index contributed by atoms with van der Waals surface area (Å²) in [4.78, 5) is 45.0. The molecular formula is C28H24F2N4O3. The zero-order valence-corrected chi connectivity index (χ0v) is 19.9. The molecule has 188 valence electrons. The number of piperidine rings is 1. The average Bonchev–Trinajstić information content (AvgIpc) is 3.18. The van der Waals surface area contributed by atoms with E-state index in [1.165, 1.54) is 17.0 Å². The second-order valence-electron chi connectivity index (χ2n) is 9.89. The maximum Gasteiger partial charge on any atom is 0.255 e. The van der Waals surface area contributed by atoms with Crippen LogP contribution in [0.3, 0.4) is 0 Å². The van der Waals surface area contributed by atoms with E-state index in [2.05, 4.69) is 15.2 Å². The zero-order valence-electron chi connectivity index (χ0n) is 19.9. The van der Waals surface area contributed by atoms with Crippen LogP contribution in [0.1, 0.15) is 45.8 Å². The summed E-state index contributed by atoms with van der Waals surface area (Å²) < 4.78 is 26.8. The number of hydrogen-bond donors (Lipinski definition) is 1. The van der Waals surface area contributed by atoms with Crippen molar-refractivity contribution in [3.8, 4) is 11.3 Å². The van der Waals surface area contributed by atoms with Gasteiger partial charge >= 0.3 is 0 Å². The van der Waals surface area contributed by atoms with Crippen LogP contribution in [0.5, 0.6) is 0 Å². The summed E-state index contributed by atoms with van der Waals surface area (Å²) in [5.74, 6) is -2.40. The van der Waals surface area contributed by atoms with Crippen molar-refractivity contribution >= 4 is 17.7 Å². The summed E-state index contributed by atoms with van der Waals surface area (Å²) in [7, 11) is 0. The Hall–Kier alpha value is -3.98. The quantitative estimate of drug-likeness (QED) is 0.541. The van der Waals surface area contributed by atoms with E-state index in [0.29, 0.717) is 25.1 Å². The molecule has 4 heterocycles. The molecule has 9 heteroatoms. The molecule has 1 N–H and O–H groups in total. The van der Waals surface area contributed by atoms with Gasteiger partial charge in [-0.15, -0.1) is 0 Å². The smallest absolute Gasteiger partial charge is 0.255 e. The number of rotatable bonds is 5. The Kier molecular flexibility index (Phi) is 5.79. The Morgan fingerprint density at radius 3 is 2.59 bits per heavy atom. The lowest BCUT2D eigenvalue weighted by Gasteiger charge is -2.39. The number of amides is 3. The van der Waals surface area contributed by atoms with Crippen LogP contribution in [0.15, 0.2) is 54.7 Å². The molecule has 1 aromatic heterocycles. The number of nitrogens with one attached hydrogen (secondary N) is 1. The zero-order chi connectivity index (χ0) is 25.7. The van der Waals surface area contributed by atoms with Crippen LogP contribution < -0.4 is 5.32 Å². The van der Waals surface area contributed by atoms with Crippen LogP contribution in [0.25, 0.3) is 11.3 Å². The lowest BCUT2D eigenvalue weighted by atomic mass is 9.91. The molecule has 3 aliphatic rings.